The molecular weight excluding hydrogens is 244 g/mol. The van der Waals surface area contributed by atoms with Crippen LogP contribution in [-0.4, -0.2) is 48.0 Å². The van der Waals surface area contributed by atoms with E-state index >= 15 is 0 Å². The third-order valence-corrected chi connectivity index (χ3v) is 3.21. The van der Waals surface area contributed by atoms with Crippen molar-refractivity contribution in [3.63, 3.8) is 0 Å². The highest BCUT2D eigenvalue weighted by Gasteiger charge is 2.21. The fourth-order valence-corrected chi connectivity index (χ4v) is 2.15. The molecule has 3 N–H and O–H groups in total. The lowest BCUT2D eigenvalue weighted by atomic mass is 10.2. The first kappa shape index (κ1) is 13.2. The van der Waals surface area contributed by atoms with Gasteiger partial charge in [0, 0.05) is 31.9 Å². The number of hydrogen-bond donors (Lipinski definition) is 2. The Labute approximate surface area is 112 Å². The van der Waals surface area contributed by atoms with Crippen LogP contribution < -0.4 is 10.6 Å². The molecule has 0 bridgehead atoms. The molecule has 1 saturated heterocycles. The maximum atomic E-state index is 11.8. The summed E-state index contributed by atoms with van der Waals surface area (Å²) in [6.45, 7) is 2.91. The summed E-state index contributed by atoms with van der Waals surface area (Å²) in [4.78, 5) is 15.8. The molecule has 2 rings (SSSR count). The van der Waals surface area contributed by atoms with Crippen LogP contribution in [0, 0.1) is 0 Å². The lowest BCUT2D eigenvalue weighted by molar-refractivity contribution is -0.130. The van der Waals surface area contributed by atoms with Crippen LogP contribution in [0.25, 0.3) is 0 Å². The van der Waals surface area contributed by atoms with Crippen molar-refractivity contribution in [1.29, 1.82) is 0 Å². The van der Waals surface area contributed by atoms with Gasteiger partial charge >= 0.3 is 0 Å². The van der Waals surface area contributed by atoms with E-state index in [9.17, 15) is 4.79 Å². The topological polar surface area (TPSA) is 82.2 Å². The molecule has 1 amide bonds. The Morgan fingerprint density at radius 3 is 2.42 bits per heavy atom. The van der Waals surface area contributed by atoms with Crippen LogP contribution in [0.3, 0.4) is 0 Å². The van der Waals surface area contributed by atoms with E-state index in [1.54, 1.807) is 4.90 Å². The second kappa shape index (κ2) is 6.08. The highest BCUT2D eigenvalue weighted by Crippen LogP contribution is 2.15. The molecule has 1 aliphatic heterocycles. The molecule has 0 aromatic heterocycles. The van der Waals surface area contributed by atoms with Gasteiger partial charge in [-0.05, 0) is 12.1 Å². The third kappa shape index (κ3) is 3.37. The van der Waals surface area contributed by atoms with Gasteiger partial charge in [0.25, 0.3) is 0 Å². The first-order valence-electron chi connectivity index (χ1n) is 6.25. The number of rotatable bonds is 3. The van der Waals surface area contributed by atoms with Crippen molar-refractivity contribution >= 4 is 17.4 Å². The Bertz CT molecular complexity index is 453. The number of para-hydroxylation sites is 1. The van der Waals surface area contributed by atoms with Gasteiger partial charge in [0.15, 0.2) is 0 Å². The Hall–Kier alpha value is -2.24. The molecule has 0 unspecified atom stereocenters. The Kier molecular flexibility index (Phi) is 4.22. The average molecular weight is 262 g/mol. The first-order valence-corrected chi connectivity index (χ1v) is 6.25. The van der Waals surface area contributed by atoms with Gasteiger partial charge in [-0.3, -0.25) is 4.79 Å². The van der Waals surface area contributed by atoms with E-state index in [-0.39, 0.29) is 18.2 Å². The second-order valence-electron chi connectivity index (χ2n) is 4.47. The molecular formula is C13H18N4O2. The number of hydrogen-bond acceptors (Lipinski definition) is 4. The van der Waals surface area contributed by atoms with Crippen LogP contribution >= 0.6 is 0 Å². The molecule has 1 aromatic rings. The molecule has 1 aromatic carbocycles. The monoisotopic (exact) mass is 262 g/mol. The lowest BCUT2D eigenvalue weighted by Crippen LogP contribution is -2.49. The van der Waals surface area contributed by atoms with Crippen molar-refractivity contribution in [2.24, 2.45) is 10.9 Å². The Balaban J connectivity index is 1.87. The van der Waals surface area contributed by atoms with Crippen molar-refractivity contribution < 1.29 is 10.0 Å². The molecule has 0 atom stereocenters. The van der Waals surface area contributed by atoms with E-state index in [1.165, 1.54) is 5.69 Å². The van der Waals surface area contributed by atoms with Crippen molar-refractivity contribution in [2.75, 3.05) is 31.1 Å². The van der Waals surface area contributed by atoms with Crippen LogP contribution in [0.2, 0.25) is 0 Å². The number of oxime groups is 1. The smallest absolute Gasteiger partial charge is 0.230 e. The van der Waals surface area contributed by atoms with E-state index in [0.717, 1.165) is 13.1 Å². The third-order valence-electron chi connectivity index (χ3n) is 3.21. The van der Waals surface area contributed by atoms with E-state index in [2.05, 4.69) is 22.2 Å². The first-order chi connectivity index (χ1) is 9.20. The fraction of sp³-hybridized carbons (Fsp3) is 0.385. The summed E-state index contributed by atoms with van der Waals surface area (Å²) >= 11 is 0. The minimum atomic E-state index is -0.0944. The fourth-order valence-electron chi connectivity index (χ4n) is 2.15. The number of piperazine rings is 1. The molecule has 1 heterocycles. The minimum Gasteiger partial charge on any atom is -0.409 e. The molecule has 1 fully saturated rings. The summed E-state index contributed by atoms with van der Waals surface area (Å²) in [5.41, 5.74) is 6.51. The number of carbonyl (C=O) groups excluding carboxylic acids is 1. The Morgan fingerprint density at radius 1 is 1.21 bits per heavy atom. The van der Waals surface area contributed by atoms with Gasteiger partial charge in [0.1, 0.15) is 5.84 Å². The standard InChI is InChI=1S/C13H18N4O2/c14-12(15-19)10-13(18)17-8-6-16(7-9-17)11-4-2-1-3-5-11/h1-5,19H,6-10H2,(H2,14,15). The van der Waals surface area contributed by atoms with Crippen molar-refractivity contribution in [3.05, 3.63) is 30.3 Å². The summed E-state index contributed by atoms with van der Waals surface area (Å²) in [6, 6.07) is 10.1. The van der Waals surface area contributed by atoms with E-state index in [0.29, 0.717) is 13.1 Å². The summed E-state index contributed by atoms with van der Waals surface area (Å²) in [6.07, 6.45) is -0.0260. The number of nitrogens with zero attached hydrogens (tertiary/aromatic N) is 3. The lowest BCUT2D eigenvalue weighted by Gasteiger charge is -2.36. The molecule has 0 radical (unpaired) electrons. The van der Waals surface area contributed by atoms with Crippen LogP contribution in [0.5, 0.6) is 0 Å². The molecule has 6 nitrogen and oxygen atoms in total. The largest absolute Gasteiger partial charge is 0.409 e. The summed E-state index contributed by atoms with van der Waals surface area (Å²) in [5, 5.41) is 11.3. The zero-order chi connectivity index (χ0) is 13.7. The van der Waals surface area contributed by atoms with Crippen LogP contribution in [0.4, 0.5) is 5.69 Å². The summed E-state index contributed by atoms with van der Waals surface area (Å²) < 4.78 is 0. The van der Waals surface area contributed by atoms with Gasteiger partial charge in [-0.1, -0.05) is 23.4 Å². The molecule has 1 aliphatic rings. The number of nitrogens with two attached hydrogens (primary N) is 1. The van der Waals surface area contributed by atoms with E-state index < -0.39 is 0 Å². The number of benzene rings is 1. The molecule has 0 spiro atoms. The number of carbonyl (C=O) groups is 1. The molecule has 0 aliphatic carbocycles. The highest BCUT2D eigenvalue weighted by atomic mass is 16.4. The maximum absolute atomic E-state index is 11.8. The molecule has 19 heavy (non-hydrogen) atoms. The second-order valence-corrected chi connectivity index (χ2v) is 4.47. The maximum Gasteiger partial charge on any atom is 0.230 e. The van der Waals surface area contributed by atoms with E-state index in [1.807, 2.05) is 18.2 Å². The predicted octanol–water partition coefficient (Wildman–Crippen LogP) is 0.472. The van der Waals surface area contributed by atoms with Gasteiger partial charge in [0.2, 0.25) is 5.91 Å². The minimum absolute atomic E-state index is 0.0260. The van der Waals surface area contributed by atoms with Gasteiger partial charge < -0.3 is 20.7 Å². The van der Waals surface area contributed by atoms with Crippen molar-refractivity contribution in [1.82, 2.24) is 4.90 Å². The summed E-state index contributed by atoms with van der Waals surface area (Å²) in [7, 11) is 0. The Morgan fingerprint density at radius 2 is 1.84 bits per heavy atom. The van der Waals surface area contributed by atoms with E-state index in [4.69, 9.17) is 10.9 Å². The normalized spacial score (nSPS) is 16.5. The number of anilines is 1. The summed E-state index contributed by atoms with van der Waals surface area (Å²) in [5.74, 6) is -0.140. The van der Waals surface area contributed by atoms with Crippen LogP contribution in [-0.2, 0) is 4.79 Å². The zero-order valence-corrected chi connectivity index (χ0v) is 10.7. The average Bonchev–Trinajstić information content (AvgIpc) is 2.48. The van der Waals surface area contributed by atoms with Crippen LogP contribution in [0.1, 0.15) is 6.42 Å². The molecule has 102 valence electrons. The quantitative estimate of drug-likeness (QED) is 0.359. The zero-order valence-electron chi connectivity index (χ0n) is 10.7. The number of amides is 1. The van der Waals surface area contributed by atoms with Gasteiger partial charge in [-0.2, -0.15) is 0 Å². The SMILES string of the molecule is NC(CC(=O)N1CCN(c2ccccc2)CC1)=NO. The molecule has 6 heteroatoms. The highest BCUT2D eigenvalue weighted by molar-refractivity contribution is 5.98. The van der Waals surface area contributed by atoms with Crippen molar-refractivity contribution in [2.45, 2.75) is 6.42 Å². The predicted molar refractivity (Wildman–Crippen MR) is 73.3 cm³/mol. The van der Waals surface area contributed by atoms with Gasteiger partial charge in [-0.25, -0.2) is 0 Å². The van der Waals surface area contributed by atoms with Crippen LogP contribution in [0.15, 0.2) is 35.5 Å². The van der Waals surface area contributed by atoms with Gasteiger partial charge in [0.05, 0.1) is 6.42 Å². The van der Waals surface area contributed by atoms with Gasteiger partial charge in [-0.15, -0.1) is 0 Å². The molecule has 0 saturated carbocycles. The van der Waals surface area contributed by atoms with Crippen molar-refractivity contribution in [3.8, 4) is 0 Å². The number of amidine groups is 1.